The maximum atomic E-state index is 12.5. The molecule has 0 unspecified atom stereocenters. The normalized spacial score (nSPS) is 10.1. The van der Waals surface area contributed by atoms with Crippen LogP contribution in [-0.2, 0) is 0 Å². The van der Waals surface area contributed by atoms with Gasteiger partial charge in [0, 0.05) is 6.20 Å². The molecule has 0 aliphatic carbocycles. The zero-order chi connectivity index (χ0) is 13.8. The van der Waals surface area contributed by atoms with E-state index in [9.17, 15) is 4.79 Å². The van der Waals surface area contributed by atoms with E-state index in [0.29, 0.717) is 22.8 Å². The summed E-state index contributed by atoms with van der Waals surface area (Å²) >= 11 is 0. The number of aryl methyl sites for hydroxylation is 1. The predicted molar refractivity (Wildman–Crippen MR) is 72.0 cm³/mol. The van der Waals surface area contributed by atoms with Gasteiger partial charge < -0.3 is 9.47 Å². The third kappa shape index (κ3) is 2.57. The minimum atomic E-state index is -0.210. The standard InChI is InChI=1S/C15H15NO3/c1-10-7-8-16-11(9-10)15(17)14-12(18-2)5-4-6-13(14)19-3/h4-9H,1-3H3. The van der Waals surface area contributed by atoms with E-state index in [1.165, 1.54) is 14.2 Å². The molecule has 1 aromatic heterocycles. The average molecular weight is 257 g/mol. The van der Waals surface area contributed by atoms with Crippen LogP contribution < -0.4 is 9.47 Å². The molecule has 2 rings (SSSR count). The molecule has 0 bridgehead atoms. The van der Waals surface area contributed by atoms with Gasteiger partial charge in [-0.25, -0.2) is 0 Å². The van der Waals surface area contributed by atoms with Crippen molar-refractivity contribution < 1.29 is 14.3 Å². The van der Waals surface area contributed by atoms with Crippen LogP contribution in [0.2, 0.25) is 0 Å². The van der Waals surface area contributed by atoms with Crippen LogP contribution in [0.15, 0.2) is 36.5 Å². The topological polar surface area (TPSA) is 48.4 Å². The van der Waals surface area contributed by atoms with Crippen molar-refractivity contribution in [1.29, 1.82) is 0 Å². The van der Waals surface area contributed by atoms with Gasteiger partial charge in [-0.2, -0.15) is 0 Å². The van der Waals surface area contributed by atoms with Gasteiger partial charge in [-0.3, -0.25) is 9.78 Å². The fraction of sp³-hybridized carbons (Fsp3) is 0.200. The van der Waals surface area contributed by atoms with E-state index >= 15 is 0 Å². The van der Waals surface area contributed by atoms with Crippen LogP contribution in [0, 0.1) is 6.92 Å². The number of rotatable bonds is 4. The van der Waals surface area contributed by atoms with Crippen LogP contribution in [0.25, 0.3) is 0 Å². The number of benzene rings is 1. The second kappa shape index (κ2) is 5.52. The van der Waals surface area contributed by atoms with E-state index < -0.39 is 0 Å². The van der Waals surface area contributed by atoms with Crippen LogP contribution >= 0.6 is 0 Å². The monoisotopic (exact) mass is 257 g/mol. The quantitative estimate of drug-likeness (QED) is 0.790. The highest BCUT2D eigenvalue weighted by Crippen LogP contribution is 2.30. The molecule has 0 saturated carbocycles. The Labute approximate surface area is 112 Å². The number of hydrogen-bond acceptors (Lipinski definition) is 4. The Morgan fingerprint density at radius 3 is 2.26 bits per heavy atom. The summed E-state index contributed by atoms with van der Waals surface area (Å²) in [7, 11) is 3.05. The van der Waals surface area contributed by atoms with Crippen molar-refractivity contribution in [3.63, 3.8) is 0 Å². The number of hydrogen-bond donors (Lipinski definition) is 0. The molecule has 0 radical (unpaired) electrons. The van der Waals surface area contributed by atoms with Crippen LogP contribution in [0.1, 0.15) is 21.6 Å². The van der Waals surface area contributed by atoms with Crippen molar-refractivity contribution in [3.05, 3.63) is 53.3 Å². The first-order valence-corrected chi connectivity index (χ1v) is 5.85. The van der Waals surface area contributed by atoms with E-state index in [-0.39, 0.29) is 5.78 Å². The SMILES string of the molecule is COc1cccc(OC)c1C(=O)c1cc(C)ccn1. The summed E-state index contributed by atoms with van der Waals surface area (Å²) in [5.74, 6) is 0.748. The van der Waals surface area contributed by atoms with Gasteiger partial charge in [-0.1, -0.05) is 6.07 Å². The minimum Gasteiger partial charge on any atom is -0.496 e. The molecule has 98 valence electrons. The van der Waals surface area contributed by atoms with Gasteiger partial charge in [0.25, 0.3) is 0 Å². The van der Waals surface area contributed by atoms with E-state index in [1.54, 1.807) is 30.5 Å². The molecular formula is C15H15NO3. The van der Waals surface area contributed by atoms with E-state index in [0.717, 1.165) is 5.56 Å². The molecule has 4 nitrogen and oxygen atoms in total. The lowest BCUT2D eigenvalue weighted by Crippen LogP contribution is -2.08. The molecule has 19 heavy (non-hydrogen) atoms. The van der Waals surface area contributed by atoms with Crippen molar-refractivity contribution in [2.75, 3.05) is 14.2 Å². The van der Waals surface area contributed by atoms with Crippen LogP contribution in [0.3, 0.4) is 0 Å². The number of carbonyl (C=O) groups is 1. The lowest BCUT2D eigenvalue weighted by Gasteiger charge is -2.11. The number of ether oxygens (including phenoxy) is 2. The van der Waals surface area contributed by atoms with Gasteiger partial charge in [-0.05, 0) is 36.8 Å². The highest BCUT2D eigenvalue weighted by atomic mass is 16.5. The van der Waals surface area contributed by atoms with Crippen molar-refractivity contribution in [1.82, 2.24) is 4.98 Å². The second-order valence-corrected chi connectivity index (χ2v) is 4.09. The number of aromatic nitrogens is 1. The summed E-state index contributed by atoms with van der Waals surface area (Å²) in [4.78, 5) is 16.6. The molecule has 0 amide bonds. The van der Waals surface area contributed by atoms with Gasteiger partial charge in [0.15, 0.2) is 0 Å². The fourth-order valence-electron chi connectivity index (χ4n) is 1.86. The van der Waals surface area contributed by atoms with E-state index in [4.69, 9.17) is 9.47 Å². The van der Waals surface area contributed by atoms with E-state index in [2.05, 4.69) is 4.98 Å². The Morgan fingerprint density at radius 1 is 1.11 bits per heavy atom. The number of ketones is 1. The fourth-order valence-corrected chi connectivity index (χ4v) is 1.86. The molecule has 1 aromatic carbocycles. The average Bonchev–Trinajstić information content (AvgIpc) is 2.45. The lowest BCUT2D eigenvalue weighted by atomic mass is 10.0. The zero-order valence-corrected chi connectivity index (χ0v) is 11.1. The number of nitrogens with zero attached hydrogens (tertiary/aromatic N) is 1. The Hall–Kier alpha value is -2.36. The lowest BCUT2D eigenvalue weighted by molar-refractivity contribution is 0.102. The molecule has 0 aliphatic heterocycles. The van der Waals surface area contributed by atoms with Crippen molar-refractivity contribution in [2.24, 2.45) is 0 Å². The molecule has 2 aromatic rings. The molecular weight excluding hydrogens is 242 g/mol. The Kier molecular flexibility index (Phi) is 3.80. The van der Waals surface area contributed by atoms with Crippen molar-refractivity contribution in [3.8, 4) is 11.5 Å². The molecule has 0 atom stereocenters. The summed E-state index contributed by atoms with van der Waals surface area (Å²) < 4.78 is 10.5. The Bertz CT molecular complexity index is 586. The molecule has 0 saturated heterocycles. The third-order valence-corrected chi connectivity index (χ3v) is 2.80. The Morgan fingerprint density at radius 2 is 1.74 bits per heavy atom. The maximum Gasteiger partial charge on any atom is 0.218 e. The van der Waals surface area contributed by atoms with Crippen molar-refractivity contribution in [2.45, 2.75) is 6.92 Å². The summed E-state index contributed by atoms with van der Waals surface area (Å²) in [5.41, 5.74) is 1.75. The van der Waals surface area contributed by atoms with Gasteiger partial charge >= 0.3 is 0 Å². The number of methoxy groups -OCH3 is 2. The maximum absolute atomic E-state index is 12.5. The zero-order valence-electron chi connectivity index (χ0n) is 11.1. The highest BCUT2D eigenvalue weighted by Gasteiger charge is 2.20. The minimum absolute atomic E-state index is 0.210. The third-order valence-electron chi connectivity index (χ3n) is 2.80. The summed E-state index contributed by atoms with van der Waals surface area (Å²) in [6.07, 6.45) is 1.62. The summed E-state index contributed by atoms with van der Waals surface area (Å²) in [6, 6.07) is 8.82. The highest BCUT2D eigenvalue weighted by molar-refractivity contribution is 6.11. The summed E-state index contributed by atoms with van der Waals surface area (Å²) in [6.45, 7) is 1.91. The van der Waals surface area contributed by atoms with E-state index in [1.807, 2.05) is 13.0 Å². The molecule has 0 fully saturated rings. The Balaban J connectivity index is 2.55. The molecule has 4 heteroatoms. The van der Waals surface area contributed by atoms with Crippen molar-refractivity contribution >= 4 is 5.78 Å². The van der Waals surface area contributed by atoms with Gasteiger partial charge in [0.2, 0.25) is 5.78 Å². The van der Waals surface area contributed by atoms with Gasteiger partial charge in [-0.15, -0.1) is 0 Å². The first-order valence-electron chi connectivity index (χ1n) is 5.85. The molecule has 0 aliphatic rings. The second-order valence-electron chi connectivity index (χ2n) is 4.09. The predicted octanol–water partition coefficient (Wildman–Crippen LogP) is 2.64. The summed E-state index contributed by atoms with van der Waals surface area (Å²) in [5, 5.41) is 0. The van der Waals surface area contributed by atoms with Crippen LogP contribution in [-0.4, -0.2) is 25.0 Å². The van der Waals surface area contributed by atoms with Gasteiger partial charge in [0.1, 0.15) is 22.8 Å². The largest absolute Gasteiger partial charge is 0.496 e. The number of carbonyl (C=O) groups excluding carboxylic acids is 1. The van der Waals surface area contributed by atoms with Gasteiger partial charge in [0.05, 0.1) is 14.2 Å². The number of pyridine rings is 1. The smallest absolute Gasteiger partial charge is 0.218 e. The molecule has 1 heterocycles. The first-order chi connectivity index (χ1) is 9.17. The van der Waals surface area contributed by atoms with Crippen LogP contribution in [0.4, 0.5) is 0 Å². The first kappa shape index (κ1) is 13.1. The molecule has 0 N–H and O–H groups in total. The van der Waals surface area contributed by atoms with Crippen LogP contribution in [0.5, 0.6) is 11.5 Å². The molecule has 0 spiro atoms.